The summed E-state index contributed by atoms with van der Waals surface area (Å²) in [7, 11) is 0. The number of esters is 1. The van der Waals surface area contributed by atoms with Gasteiger partial charge < -0.3 is 10.5 Å². The molecule has 0 saturated carbocycles. The second kappa shape index (κ2) is 8.52. The predicted molar refractivity (Wildman–Crippen MR) is 98.9 cm³/mol. The Kier molecular flexibility index (Phi) is 6.40. The van der Waals surface area contributed by atoms with Crippen molar-refractivity contribution in [3.8, 4) is 0 Å². The quantitative estimate of drug-likeness (QED) is 0.423. The maximum atomic E-state index is 12.3. The van der Waals surface area contributed by atoms with Gasteiger partial charge in [-0.3, -0.25) is 19.1 Å². The van der Waals surface area contributed by atoms with Crippen LogP contribution in [-0.2, 0) is 11.3 Å². The van der Waals surface area contributed by atoms with Gasteiger partial charge in [0.25, 0.3) is 5.56 Å². The topological polar surface area (TPSA) is 124 Å². The van der Waals surface area contributed by atoms with Crippen molar-refractivity contribution >= 4 is 29.3 Å². The van der Waals surface area contributed by atoms with Gasteiger partial charge in [-0.1, -0.05) is 19.1 Å². The lowest BCUT2D eigenvalue weighted by Crippen LogP contribution is -2.37. The molecule has 1 aromatic carbocycles. The highest BCUT2D eigenvalue weighted by molar-refractivity contribution is 7.98. The molecule has 0 aliphatic rings. The lowest BCUT2D eigenvalue weighted by molar-refractivity contribution is 0.0471. The van der Waals surface area contributed by atoms with Crippen LogP contribution in [0.1, 0.15) is 34.1 Å². The monoisotopic (exact) mass is 377 g/mol. The van der Waals surface area contributed by atoms with E-state index in [2.05, 4.69) is 4.98 Å². The molecule has 0 fully saturated rings. The SMILES string of the molecule is CCCn1c(N)c(C(=O)COC(=O)c2ccccc2SC)c(=O)[nH]c1=O. The van der Waals surface area contributed by atoms with Gasteiger partial charge in [-0.2, -0.15) is 0 Å². The summed E-state index contributed by atoms with van der Waals surface area (Å²) < 4.78 is 6.14. The van der Waals surface area contributed by atoms with Crippen LogP contribution < -0.4 is 17.0 Å². The number of nitrogens with two attached hydrogens (primary N) is 1. The number of ether oxygens (including phenoxy) is 1. The number of ketones is 1. The number of thioether (sulfide) groups is 1. The second-order valence-electron chi connectivity index (χ2n) is 5.37. The van der Waals surface area contributed by atoms with E-state index in [9.17, 15) is 19.2 Å². The summed E-state index contributed by atoms with van der Waals surface area (Å²) in [5.41, 5.74) is 4.17. The second-order valence-corrected chi connectivity index (χ2v) is 6.22. The van der Waals surface area contributed by atoms with Gasteiger partial charge in [0.15, 0.2) is 6.61 Å². The number of benzene rings is 1. The number of rotatable bonds is 7. The van der Waals surface area contributed by atoms with Crippen LogP contribution in [0.3, 0.4) is 0 Å². The highest BCUT2D eigenvalue weighted by atomic mass is 32.2. The molecule has 0 unspecified atom stereocenters. The molecule has 2 rings (SSSR count). The van der Waals surface area contributed by atoms with E-state index in [-0.39, 0.29) is 17.9 Å². The summed E-state index contributed by atoms with van der Waals surface area (Å²) in [4.78, 5) is 51.0. The molecule has 0 atom stereocenters. The molecule has 26 heavy (non-hydrogen) atoms. The number of carbonyl (C=O) groups is 2. The number of hydrogen-bond donors (Lipinski definition) is 2. The molecule has 138 valence electrons. The number of nitrogens with zero attached hydrogens (tertiary/aromatic N) is 1. The van der Waals surface area contributed by atoms with Crippen molar-refractivity contribution in [1.82, 2.24) is 9.55 Å². The smallest absolute Gasteiger partial charge is 0.339 e. The van der Waals surface area contributed by atoms with E-state index in [4.69, 9.17) is 10.5 Å². The van der Waals surface area contributed by atoms with Gasteiger partial charge in [-0.25, -0.2) is 9.59 Å². The molecule has 8 nitrogen and oxygen atoms in total. The van der Waals surface area contributed by atoms with Gasteiger partial charge >= 0.3 is 11.7 Å². The number of H-pyrrole nitrogens is 1. The molecule has 3 N–H and O–H groups in total. The summed E-state index contributed by atoms with van der Waals surface area (Å²) in [6.07, 6.45) is 2.40. The third kappa shape index (κ3) is 4.05. The number of anilines is 1. The molecular weight excluding hydrogens is 358 g/mol. The van der Waals surface area contributed by atoms with Crippen LogP contribution in [0.5, 0.6) is 0 Å². The lowest BCUT2D eigenvalue weighted by Gasteiger charge is -2.11. The Morgan fingerprint density at radius 2 is 1.96 bits per heavy atom. The van der Waals surface area contributed by atoms with Crippen molar-refractivity contribution < 1.29 is 14.3 Å². The summed E-state index contributed by atoms with van der Waals surface area (Å²) in [5, 5.41) is 0. The number of aromatic nitrogens is 2. The van der Waals surface area contributed by atoms with Crippen LogP contribution in [0.25, 0.3) is 0 Å². The van der Waals surface area contributed by atoms with Crippen LogP contribution >= 0.6 is 11.8 Å². The molecule has 0 amide bonds. The van der Waals surface area contributed by atoms with Crippen molar-refractivity contribution in [3.05, 3.63) is 56.2 Å². The summed E-state index contributed by atoms with van der Waals surface area (Å²) in [6.45, 7) is 1.42. The van der Waals surface area contributed by atoms with Gasteiger partial charge in [0.05, 0.1) is 5.56 Å². The Bertz CT molecular complexity index is 948. The summed E-state index contributed by atoms with van der Waals surface area (Å²) in [6, 6.07) is 6.81. The fourth-order valence-electron chi connectivity index (χ4n) is 2.40. The van der Waals surface area contributed by atoms with E-state index in [0.717, 1.165) is 4.57 Å². The van der Waals surface area contributed by atoms with Crippen molar-refractivity contribution in [1.29, 1.82) is 0 Å². The molecule has 0 aliphatic heterocycles. The van der Waals surface area contributed by atoms with Crippen molar-refractivity contribution in [2.75, 3.05) is 18.6 Å². The average molecular weight is 377 g/mol. The molecule has 0 bridgehead atoms. The zero-order valence-corrected chi connectivity index (χ0v) is 15.2. The standard InChI is InChI=1S/C17H19N3O5S/c1-3-8-20-14(18)13(15(22)19-17(20)24)11(21)9-25-16(23)10-6-4-5-7-12(10)26-2/h4-7H,3,8-9,18H2,1-2H3,(H,19,22,24). The van der Waals surface area contributed by atoms with Crippen molar-refractivity contribution in [3.63, 3.8) is 0 Å². The Hall–Kier alpha value is -2.81. The summed E-state index contributed by atoms with van der Waals surface area (Å²) >= 11 is 1.37. The van der Waals surface area contributed by atoms with E-state index >= 15 is 0 Å². The van der Waals surface area contributed by atoms with Gasteiger partial charge in [0.2, 0.25) is 5.78 Å². The third-order valence-electron chi connectivity index (χ3n) is 3.63. The van der Waals surface area contributed by atoms with Crippen molar-refractivity contribution in [2.45, 2.75) is 24.8 Å². The minimum absolute atomic E-state index is 0.230. The molecule has 1 heterocycles. The molecule has 0 radical (unpaired) electrons. The first-order valence-corrected chi connectivity index (χ1v) is 9.09. The van der Waals surface area contributed by atoms with E-state index in [0.29, 0.717) is 16.9 Å². The van der Waals surface area contributed by atoms with E-state index < -0.39 is 29.6 Å². The maximum Gasteiger partial charge on any atom is 0.339 e. The number of hydrogen-bond acceptors (Lipinski definition) is 7. The zero-order valence-electron chi connectivity index (χ0n) is 14.4. The normalized spacial score (nSPS) is 10.5. The fraction of sp³-hybridized carbons (Fsp3) is 0.294. The number of nitrogen functional groups attached to an aromatic ring is 1. The van der Waals surface area contributed by atoms with E-state index in [1.54, 1.807) is 24.3 Å². The molecule has 1 aromatic heterocycles. The largest absolute Gasteiger partial charge is 0.454 e. The van der Waals surface area contributed by atoms with Crippen LogP contribution in [0.15, 0.2) is 38.8 Å². The Morgan fingerprint density at radius 3 is 2.62 bits per heavy atom. The Labute approximate surface area is 153 Å². The number of carbonyl (C=O) groups excluding carboxylic acids is 2. The summed E-state index contributed by atoms with van der Waals surface area (Å²) in [5.74, 6) is -1.69. The first kappa shape index (κ1) is 19.5. The van der Waals surface area contributed by atoms with E-state index in [1.165, 1.54) is 11.8 Å². The predicted octanol–water partition coefficient (Wildman–Crippen LogP) is 1.29. The van der Waals surface area contributed by atoms with Gasteiger partial charge in [0.1, 0.15) is 11.4 Å². The van der Waals surface area contributed by atoms with Gasteiger partial charge in [0, 0.05) is 11.4 Å². The maximum absolute atomic E-state index is 12.3. The highest BCUT2D eigenvalue weighted by Crippen LogP contribution is 2.20. The number of aromatic amines is 1. The van der Waals surface area contributed by atoms with Crippen LogP contribution in [0.4, 0.5) is 5.82 Å². The third-order valence-corrected chi connectivity index (χ3v) is 4.42. The Balaban J connectivity index is 2.23. The van der Waals surface area contributed by atoms with Crippen LogP contribution in [0.2, 0.25) is 0 Å². The lowest BCUT2D eigenvalue weighted by atomic mass is 10.2. The molecule has 0 saturated heterocycles. The zero-order chi connectivity index (χ0) is 19.3. The molecule has 0 spiro atoms. The fourth-order valence-corrected chi connectivity index (χ4v) is 2.98. The first-order valence-electron chi connectivity index (χ1n) is 7.86. The highest BCUT2D eigenvalue weighted by Gasteiger charge is 2.21. The van der Waals surface area contributed by atoms with Crippen LogP contribution in [-0.4, -0.2) is 34.2 Å². The minimum atomic E-state index is -0.898. The van der Waals surface area contributed by atoms with Gasteiger partial charge in [-0.05, 0) is 24.8 Å². The molecule has 0 aliphatic carbocycles. The number of Topliss-reactive ketones (excluding diaryl/α,β-unsaturated/α-hetero) is 1. The first-order chi connectivity index (χ1) is 12.4. The van der Waals surface area contributed by atoms with Crippen molar-refractivity contribution in [2.24, 2.45) is 0 Å². The van der Waals surface area contributed by atoms with Gasteiger partial charge in [-0.15, -0.1) is 11.8 Å². The Morgan fingerprint density at radius 1 is 1.27 bits per heavy atom. The average Bonchev–Trinajstić information content (AvgIpc) is 2.62. The number of nitrogens with one attached hydrogen (secondary N) is 1. The molecule has 2 aromatic rings. The van der Waals surface area contributed by atoms with Crippen LogP contribution in [0, 0.1) is 0 Å². The van der Waals surface area contributed by atoms with E-state index in [1.807, 2.05) is 13.2 Å². The molecule has 9 heteroatoms. The minimum Gasteiger partial charge on any atom is -0.454 e. The molecular formula is C17H19N3O5S.